The van der Waals surface area contributed by atoms with E-state index < -0.39 is 21.4 Å². The molecule has 57 heavy (non-hydrogen) atoms. The number of hydrogen-bond acceptors (Lipinski definition) is 14. The Morgan fingerprint density at radius 1 is 0.544 bits per heavy atom. The van der Waals surface area contributed by atoms with Gasteiger partial charge in [0.2, 0.25) is 0 Å². The lowest BCUT2D eigenvalue weighted by Crippen LogP contribution is -2.34. The SMILES string of the molecule is C=C(CS(=O)(=O)c1ccc(C)cc1)C(=O)c1ccc(C(=O)N(CC)CCOCCOCCOCCOCCOCCOCCOCCOCCOCCOC)cc1. The van der Waals surface area contributed by atoms with Crippen molar-refractivity contribution in [3.05, 3.63) is 77.4 Å². The summed E-state index contributed by atoms with van der Waals surface area (Å²) in [4.78, 5) is 27.8. The maximum atomic E-state index is 13.1. The Morgan fingerprint density at radius 3 is 1.26 bits per heavy atom. The Labute approximate surface area is 338 Å². The molecular formula is C41H63NO14S. The van der Waals surface area contributed by atoms with Crippen molar-refractivity contribution < 1.29 is 65.4 Å². The standard InChI is InChI=1S/C41H63NO14S/c1-5-42(41(44)38-10-8-37(9-11-38)40(43)36(3)34-57(45,46)39-12-6-35(2)7-13-39)14-15-48-18-19-50-22-23-52-26-27-54-30-31-56-33-32-55-29-28-53-25-24-51-21-20-49-17-16-47-4/h6-13H,3,5,14-34H2,1-2,4H3. The molecule has 1 amide bonds. The molecule has 0 aromatic heterocycles. The van der Waals surface area contributed by atoms with Crippen LogP contribution < -0.4 is 0 Å². The van der Waals surface area contributed by atoms with Gasteiger partial charge in [0.15, 0.2) is 15.6 Å². The maximum Gasteiger partial charge on any atom is 0.253 e. The van der Waals surface area contributed by atoms with Crippen LogP contribution in [-0.2, 0) is 57.2 Å². The average molecular weight is 826 g/mol. The lowest BCUT2D eigenvalue weighted by Gasteiger charge is -2.21. The molecular weight excluding hydrogens is 763 g/mol. The van der Waals surface area contributed by atoms with Gasteiger partial charge < -0.3 is 52.3 Å². The van der Waals surface area contributed by atoms with Gasteiger partial charge in [0, 0.05) is 36.9 Å². The van der Waals surface area contributed by atoms with Crippen molar-refractivity contribution >= 4 is 21.5 Å². The van der Waals surface area contributed by atoms with Crippen molar-refractivity contribution in [2.24, 2.45) is 0 Å². The van der Waals surface area contributed by atoms with Crippen LogP contribution in [0.2, 0.25) is 0 Å². The molecule has 2 rings (SSSR count). The molecule has 0 bridgehead atoms. The molecule has 0 atom stereocenters. The number of carbonyl (C=O) groups is 2. The molecule has 0 saturated heterocycles. The molecule has 0 spiro atoms. The van der Waals surface area contributed by atoms with Crippen LogP contribution in [0.4, 0.5) is 0 Å². The van der Waals surface area contributed by atoms with Crippen LogP contribution in [0.25, 0.3) is 0 Å². The number of amides is 1. The summed E-state index contributed by atoms with van der Waals surface area (Å²) in [5.41, 5.74) is 1.55. The lowest BCUT2D eigenvalue weighted by atomic mass is 10.0. The fourth-order valence-corrected chi connectivity index (χ4v) is 6.16. The molecule has 2 aromatic carbocycles. The molecule has 0 N–H and O–H groups in total. The molecule has 0 saturated carbocycles. The third-order valence-electron chi connectivity index (χ3n) is 8.04. The summed E-state index contributed by atoms with van der Waals surface area (Å²) in [6.07, 6.45) is 0. The normalized spacial score (nSPS) is 11.6. The average Bonchev–Trinajstić information content (AvgIpc) is 3.21. The zero-order chi connectivity index (χ0) is 41.4. The van der Waals surface area contributed by atoms with E-state index in [2.05, 4.69) is 6.58 Å². The van der Waals surface area contributed by atoms with E-state index in [0.717, 1.165) is 5.56 Å². The van der Waals surface area contributed by atoms with Crippen LogP contribution in [0.5, 0.6) is 0 Å². The molecule has 16 heteroatoms. The summed E-state index contributed by atoms with van der Waals surface area (Å²) in [7, 11) is -2.08. The fraction of sp³-hybridized carbons (Fsp3) is 0.610. The first kappa shape index (κ1) is 50.0. The van der Waals surface area contributed by atoms with Crippen LogP contribution in [0.1, 0.15) is 33.2 Å². The number of benzene rings is 2. The summed E-state index contributed by atoms with van der Waals surface area (Å²) in [6, 6.07) is 12.6. The number of hydrogen-bond donors (Lipinski definition) is 0. The molecule has 0 radical (unpaired) electrons. The second-order valence-corrected chi connectivity index (χ2v) is 14.5. The molecule has 0 fully saturated rings. The highest BCUT2D eigenvalue weighted by atomic mass is 32.2. The lowest BCUT2D eigenvalue weighted by molar-refractivity contribution is -0.0260. The Hall–Kier alpha value is -3.13. The van der Waals surface area contributed by atoms with E-state index >= 15 is 0 Å². The highest BCUT2D eigenvalue weighted by Gasteiger charge is 2.21. The molecule has 322 valence electrons. The van der Waals surface area contributed by atoms with Crippen molar-refractivity contribution in [1.29, 1.82) is 0 Å². The van der Waals surface area contributed by atoms with Gasteiger partial charge in [0.1, 0.15) is 0 Å². The Kier molecular flexibility index (Phi) is 27.9. The number of rotatable bonds is 37. The van der Waals surface area contributed by atoms with Gasteiger partial charge in [-0.1, -0.05) is 36.4 Å². The molecule has 0 aliphatic rings. The molecule has 0 aliphatic heterocycles. The smallest absolute Gasteiger partial charge is 0.253 e. The molecule has 0 unspecified atom stereocenters. The Bertz CT molecular complexity index is 1470. The third kappa shape index (κ3) is 23.2. The van der Waals surface area contributed by atoms with Crippen LogP contribution in [0.3, 0.4) is 0 Å². The number of aryl methyl sites for hydroxylation is 1. The minimum atomic E-state index is -3.72. The first-order valence-electron chi connectivity index (χ1n) is 19.3. The fourth-order valence-electron chi connectivity index (χ4n) is 4.86. The Balaban J connectivity index is 1.40. The van der Waals surface area contributed by atoms with Gasteiger partial charge in [0.05, 0.1) is 136 Å². The van der Waals surface area contributed by atoms with E-state index in [1.165, 1.54) is 24.3 Å². The number of methoxy groups -OCH3 is 1. The van der Waals surface area contributed by atoms with Gasteiger partial charge in [-0.25, -0.2) is 8.42 Å². The summed E-state index contributed by atoms with van der Waals surface area (Å²) in [5.74, 6) is -1.19. The van der Waals surface area contributed by atoms with Crippen LogP contribution in [0, 0.1) is 6.92 Å². The van der Waals surface area contributed by atoms with E-state index in [0.29, 0.717) is 144 Å². The zero-order valence-electron chi connectivity index (χ0n) is 34.0. The van der Waals surface area contributed by atoms with Crippen LogP contribution in [-0.4, -0.2) is 176 Å². The summed E-state index contributed by atoms with van der Waals surface area (Å²) in [6.45, 7) is 17.3. The van der Waals surface area contributed by atoms with Gasteiger partial charge in [0.25, 0.3) is 5.91 Å². The minimum absolute atomic E-state index is 0.0472. The highest BCUT2D eigenvalue weighted by molar-refractivity contribution is 7.91. The summed E-state index contributed by atoms with van der Waals surface area (Å²) < 4.78 is 79.7. The first-order chi connectivity index (χ1) is 27.7. The maximum absolute atomic E-state index is 13.1. The topological polar surface area (TPSA) is 164 Å². The number of likely N-dealkylation sites (N-methyl/N-ethyl adjacent to an activating group) is 1. The van der Waals surface area contributed by atoms with Crippen LogP contribution in [0.15, 0.2) is 65.6 Å². The Morgan fingerprint density at radius 2 is 0.895 bits per heavy atom. The van der Waals surface area contributed by atoms with E-state index in [9.17, 15) is 18.0 Å². The van der Waals surface area contributed by atoms with E-state index in [-0.39, 0.29) is 21.9 Å². The van der Waals surface area contributed by atoms with Crippen molar-refractivity contribution in [3.63, 3.8) is 0 Å². The van der Waals surface area contributed by atoms with E-state index in [4.69, 9.17) is 47.4 Å². The minimum Gasteiger partial charge on any atom is -0.382 e. The number of Topliss-reactive ketones (excluding diaryl/α,β-unsaturated/α-hetero) is 1. The molecule has 15 nitrogen and oxygen atoms in total. The van der Waals surface area contributed by atoms with Gasteiger partial charge in [-0.2, -0.15) is 0 Å². The van der Waals surface area contributed by atoms with Crippen molar-refractivity contribution in [2.75, 3.05) is 151 Å². The number of carbonyl (C=O) groups excluding carboxylic acids is 2. The monoisotopic (exact) mass is 825 g/mol. The number of ketones is 1. The molecule has 2 aromatic rings. The van der Waals surface area contributed by atoms with E-state index in [1.807, 2.05) is 13.8 Å². The predicted octanol–water partition coefficient (Wildman–Crippen LogP) is 3.47. The number of sulfone groups is 1. The first-order valence-corrected chi connectivity index (χ1v) is 20.9. The second-order valence-electron chi connectivity index (χ2n) is 12.5. The largest absolute Gasteiger partial charge is 0.382 e. The van der Waals surface area contributed by atoms with Crippen LogP contribution >= 0.6 is 0 Å². The molecule has 0 aliphatic carbocycles. The van der Waals surface area contributed by atoms with Crippen molar-refractivity contribution in [1.82, 2.24) is 4.90 Å². The predicted molar refractivity (Wildman–Crippen MR) is 214 cm³/mol. The van der Waals surface area contributed by atoms with Gasteiger partial charge in [-0.05, 0) is 38.1 Å². The van der Waals surface area contributed by atoms with Gasteiger partial charge >= 0.3 is 0 Å². The molecule has 0 heterocycles. The summed E-state index contributed by atoms with van der Waals surface area (Å²) >= 11 is 0. The third-order valence-corrected chi connectivity index (χ3v) is 9.76. The highest BCUT2D eigenvalue weighted by Crippen LogP contribution is 2.18. The van der Waals surface area contributed by atoms with E-state index in [1.54, 1.807) is 36.3 Å². The number of nitrogens with zero attached hydrogens (tertiary/aromatic N) is 1. The summed E-state index contributed by atoms with van der Waals surface area (Å²) in [5, 5.41) is 0. The second kappa shape index (κ2) is 31.8. The number of ether oxygens (including phenoxy) is 10. The van der Waals surface area contributed by atoms with Gasteiger partial charge in [-0.3, -0.25) is 9.59 Å². The van der Waals surface area contributed by atoms with Crippen molar-refractivity contribution in [3.8, 4) is 0 Å². The van der Waals surface area contributed by atoms with Gasteiger partial charge in [-0.15, -0.1) is 0 Å². The quantitative estimate of drug-likeness (QED) is 0.0553. The van der Waals surface area contributed by atoms with Crippen molar-refractivity contribution in [2.45, 2.75) is 18.7 Å². The zero-order valence-corrected chi connectivity index (χ0v) is 34.8.